The average Bonchev–Trinajstić information content (AvgIpc) is 3.24. The second kappa shape index (κ2) is 15.8. The van der Waals surface area contributed by atoms with Crippen molar-refractivity contribution in [1.82, 2.24) is 10.2 Å². The van der Waals surface area contributed by atoms with Gasteiger partial charge in [-0.3, -0.25) is 19.7 Å². The smallest absolute Gasteiger partial charge is 0.272 e. The maximum atomic E-state index is 13.5. The molecule has 0 saturated carbocycles. The van der Waals surface area contributed by atoms with Gasteiger partial charge < -0.3 is 4.90 Å². The second-order valence-electron chi connectivity index (χ2n) is 9.82. The summed E-state index contributed by atoms with van der Waals surface area (Å²) in [4.78, 5) is 39.2. The molecule has 0 aromatic heterocycles. The number of fused-ring (bicyclic) bond motifs is 1. The molecule has 3 rings (SSSR count). The van der Waals surface area contributed by atoms with Gasteiger partial charge in [-0.25, -0.2) is 22.0 Å². The number of hydrogen-bond acceptors (Lipinski definition) is 5. The third-order valence-corrected chi connectivity index (χ3v) is 9.21. The van der Waals surface area contributed by atoms with E-state index in [1.54, 1.807) is 22.7 Å². The van der Waals surface area contributed by atoms with Crippen LogP contribution in [0.5, 0.6) is 0 Å². The quantitative estimate of drug-likeness (QED) is 0.0995. The van der Waals surface area contributed by atoms with Gasteiger partial charge in [-0.2, -0.15) is 11.8 Å². The minimum atomic E-state index is -3.51. The van der Waals surface area contributed by atoms with Crippen molar-refractivity contribution in [3.8, 4) is 0 Å². The number of carbonyl (C=O) groups excluding carboxylic acids is 3. The Morgan fingerprint density at radius 1 is 0.897 bits per heavy atom. The van der Waals surface area contributed by atoms with E-state index in [4.69, 9.17) is 0 Å². The van der Waals surface area contributed by atoms with Crippen molar-refractivity contribution >= 4 is 41.2 Å². The predicted molar refractivity (Wildman–Crippen MR) is 144 cm³/mol. The zero-order chi connectivity index (χ0) is 28.4. The van der Waals surface area contributed by atoms with Gasteiger partial charge in [0.2, 0.25) is 11.8 Å². The van der Waals surface area contributed by atoms with Crippen LogP contribution in [0, 0.1) is 0 Å². The maximum absolute atomic E-state index is 13.5. The van der Waals surface area contributed by atoms with Crippen LogP contribution in [0.3, 0.4) is 0 Å². The molecule has 12 heteroatoms. The minimum absolute atomic E-state index is 0.170. The van der Waals surface area contributed by atoms with E-state index in [0.29, 0.717) is 24.3 Å². The van der Waals surface area contributed by atoms with Gasteiger partial charge in [0.15, 0.2) is 12.3 Å². The van der Waals surface area contributed by atoms with Crippen LogP contribution in [0.25, 0.3) is 0 Å². The summed E-state index contributed by atoms with van der Waals surface area (Å²) in [6.07, 6.45) is -4.05. The minimum Gasteiger partial charge on any atom is -0.322 e. The number of nitrogens with zero attached hydrogens (tertiary/aromatic N) is 1. The molecule has 0 radical (unpaired) electrons. The molecule has 1 saturated heterocycles. The fourth-order valence-corrected chi connectivity index (χ4v) is 6.77. The van der Waals surface area contributed by atoms with Crippen LogP contribution in [0.1, 0.15) is 73.7 Å². The molecule has 2 aliphatic rings. The van der Waals surface area contributed by atoms with Gasteiger partial charge in [-0.1, -0.05) is 38.2 Å². The third-order valence-electron chi connectivity index (χ3n) is 6.90. The highest BCUT2D eigenvalue weighted by atomic mass is 32.2. The number of rotatable bonds is 17. The number of carbonyl (C=O) groups is 3. The Kier molecular flexibility index (Phi) is 12.9. The number of alkyl halides is 5. The molecule has 1 aromatic carbocycles. The summed E-state index contributed by atoms with van der Waals surface area (Å²) in [5, 5.41) is 2.32. The van der Waals surface area contributed by atoms with E-state index in [-0.39, 0.29) is 24.0 Å². The highest BCUT2D eigenvalue weighted by Gasteiger charge is 2.40. The van der Waals surface area contributed by atoms with Gasteiger partial charge in [0.25, 0.3) is 12.3 Å². The highest BCUT2D eigenvalue weighted by molar-refractivity contribution is 7.99. The molecule has 2 heterocycles. The average molecular weight is 595 g/mol. The van der Waals surface area contributed by atoms with E-state index in [0.717, 1.165) is 72.9 Å². The molecule has 3 amide bonds. The molecule has 1 fully saturated rings. The SMILES string of the molecule is O=C1CCC(N2Cc3c(SCCCCCCCCCSCC(F)C(F)C(F)C(F)F)cccc3C2=O)C(=O)N1. The number of piperidine rings is 1. The van der Waals surface area contributed by atoms with Crippen molar-refractivity contribution in [3.63, 3.8) is 0 Å². The molecule has 0 spiro atoms. The number of thioether (sulfide) groups is 2. The molecular weight excluding hydrogens is 559 g/mol. The normalized spacial score (nSPS) is 19.8. The van der Waals surface area contributed by atoms with Crippen LogP contribution in [-0.4, -0.2) is 70.9 Å². The van der Waals surface area contributed by atoms with Gasteiger partial charge >= 0.3 is 0 Å². The van der Waals surface area contributed by atoms with E-state index >= 15 is 0 Å². The lowest BCUT2D eigenvalue weighted by Crippen LogP contribution is -2.52. The van der Waals surface area contributed by atoms with Gasteiger partial charge in [0.05, 0.1) is 0 Å². The van der Waals surface area contributed by atoms with Crippen LogP contribution in [0.2, 0.25) is 0 Å². The summed E-state index contributed by atoms with van der Waals surface area (Å²) in [5.74, 6) is 0.282. The zero-order valence-corrected chi connectivity index (χ0v) is 23.3. The van der Waals surface area contributed by atoms with E-state index in [1.165, 1.54) is 0 Å². The predicted octanol–water partition coefficient (Wildman–Crippen LogP) is 6.28. The van der Waals surface area contributed by atoms with Crippen LogP contribution in [0.15, 0.2) is 23.1 Å². The Bertz CT molecular complexity index is 987. The Balaban J connectivity index is 1.25. The van der Waals surface area contributed by atoms with E-state index < -0.39 is 36.9 Å². The molecular formula is C27H35F5N2O3S2. The Morgan fingerprint density at radius 2 is 1.56 bits per heavy atom. The maximum Gasteiger partial charge on any atom is 0.272 e. The fourth-order valence-electron chi connectivity index (χ4n) is 4.69. The monoisotopic (exact) mass is 594 g/mol. The lowest BCUT2D eigenvalue weighted by Gasteiger charge is -2.29. The zero-order valence-electron chi connectivity index (χ0n) is 21.7. The molecule has 2 aliphatic heterocycles. The first-order valence-corrected chi connectivity index (χ1v) is 15.5. The van der Waals surface area contributed by atoms with Crippen molar-refractivity contribution in [3.05, 3.63) is 29.3 Å². The van der Waals surface area contributed by atoms with Gasteiger partial charge in [-0.15, -0.1) is 11.8 Å². The molecule has 39 heavy (non-hydrogen) atoms. The summed E-state index contributed by atoms with van der Waals surface area (Å²) in [7, 11) is 0. The van der Waals surface area contributed by atoms with Crippen molar-refractivity contribution in [2.45, 2.75) is 100 Å². The molecule has 4 atom stereocenters. The molecule has 0 bridgehead atoms. The number of amides is 3. The first-order chi connectivity index (χ1) is 18.7. The number of imide groups is 1. The third kappa shape index (κ3) is 9.09. The Hall–Kier alpha value is -1.82. The topological polar surface area (TPSA) is 66.5 Å². The van der Waals surface area contributed by atoms with E-state index in [9.17, 15) is 36.3 Å². The van der Waals surface area contributed by atoms with Crippen LogP contribution in [-0.2, 0) is 16.1 Å². The number of nitrogens with one attached hydrogen (secondary N) is 1. The lowest BCUT2D eigenvalue weighted by atomic mass is 10.0. The van der Waals surface area contributed by atoms with Crippen molar-refractivity contribution in [2.75, 3.05) is 17.3 Å². The van der Waals surface area contributed by atoms with Crippen LogP contribution >= 0.6 is 23.5 Å². The Labute approximate surface area is 234 Å². The van der Waals surface area contributed by atoms with Gasteiger partial charge in [0, 0.05) is 29.2 Å². The summed E-state index contributed by atoms with van der Waals surface area (Å²) < 4.78 is 63.8. The number of benzene rings is 1. The molecule has 1 aromatic rings. The summed E-state index contributed by atoms with van der Waals surface area (Å²) in [6.45, 7) is 0.369. The first kappa shape index (κ1) is 31.7. The number of hydrogen-bond donors (Lipinski definition) is 1. The molecule has 0 aliphatic carbocycles. The molecule has 4 unspecified atom stereocenters. The van der Waals surface area contributed by atoms with E-state index in [2.05, 4.69) is 5.32 Å². The van der Waals surface area contributed by atoms with Gasteiger partial charge in [-0.05, 0) is 48.5 Å². The highest BCUT2D eigenvalue weighted by Crippen LogP contribution is 2.34. The Morgan fingerprint density at radius 3 is 2.23 bits per heavy atom. The van der Waals surface area contributed by atoms with E-state index in [1.807, 2.05) is 12.1 Å². The standard InChI is InChI=1S/C27H35F5N2O3S2/c28-19(23(29)24(30)25(31)32)16-38-13-6-4-2-1-3-5-7-14-39-21-10-8-9-17-18(21)15-34(27(17)37)20-11-12-22(35)33-26(20)36/h8-10,19-20,23-25H,1-7,11-16H2,(H,33,35,36). The second-order valence-corrected chi connectivity index (χ2v) is 12.1. The number of unbranched alkanes of at least 4 members (excludes halogenated alkanes) is 6. The van der Waals surface area contributed by atoms with Crippen molar-refractivity contribution < 1.29 is 36.3 Å². The lowest BCUT2D eigenvalue weighted by molar-refractivity contribution is -0.136. The first-order valence-electron chi connectivity index (χ1n) is 13.4. The molecule has 1 N–H and O–H groups in total. The molecule has 218 valence electrons. The largest absolute Gasteiger partial charge is 0.322 e. The van der Waals surface area contributed by atoms with Gasteiger partial charge in [0.1, 0.15) is 12.2 Å². The summed E-state index contributed by atoms with van der Waals surface area (Å²) >= 11 is 2.83. The van der Waals surface area contributed by atoms with Crippen molar-refractivity contribution in [1.29, 1.82) is 0 Å². The molecule has 5 nitrogen and oxygen atoms in total. The van der Waals surface area contributed by atoms with Crippen LogP contribution in [0.4, 0.5) is 22.0 Å². The number of halogens is 5. The summed E-state index contributed by atoms with van der Waals surface area (Å²) in [5.41, 5.74) is 1.56. The van der Waals surface area contributed by atoms with Crippen molar-refractivity contribution in [2.24, 2.45) is 0 Å². The van der Waals surface area contributed by atoms with Crippen LogP contribution < -0.4 is 5.32 Å². The fraction of sp³-hybridized carbons (Fsp3) is 0.667. The summed E-state index contributed by atoms with van der Waals surface area (Å²) in [6, 6.07) is 5.02.